The number of hydrogen-bond donors (Lipinski definition) is 1. The van der Waals surface area contributed by atoms with Gasteiger partial charge in [-0.15, -0.1) is 0 Å². The van der Waals surface area contributed by atoms with Gasteiger partial charge in [0, 0.05) is 13.1 Å². The van der Waals surface area contributed by atoms with Gasteiger partial charge in [0.25, 0.3) is 0 Å². The molecule has 1 amide bonds. The second-order valence-electron chi connectivity index (χ2n) is 5.64. The van der Waals surface area contributed by atoms with Gasteiger partial charge in [-0.05, 0) is 26.7 Å². The van der Waals surface area contributed by atoms with Crippen molar-refractivity contribution < 1.29 is 19.4 Å². The van der Waals surface area contributed by atoms with Crippen molar-refractivity contribution in [3.63, 3.8) is 0 Å². The van der Waals surface area contributed by atoms with E-state index >= 15 is 0 Å². The Morgan fingerprint density at radius 1 is 1.33 bits per heavy atom. The number of nitrogens with zero attached hydrogens (tertiary/aromatic N) is 1. The van der Waals surface area contributed by atoms with Gasteiger partial charge in [-0.1, -0.05) is 20.3 Å². The second kappa shape index (κ2) is 6.61. The minimum Gasteiger partial charge on any atom is -0.481 e. The number of carbonyl (C=O) groups excluding carboxylic acids is 1. The second-order valence-corrected chi connectivity index (χ2v) is 5.64. The highest BCUT2D eigenvalue weighted by atomic mass is 16.6. The van der Waals surface area contributed by atoms with Crippen LogP contribution in [0.25, 0.3) is 0 Å². The van der Waals surface area contributed by atoms with Crippen LogP contribution in [0.3, 0.4) is 0 Å². The molecule has 0 aromatic rings. The van der Waals surface area contributed by atoms with Crippen LogP contribution in [0.2, 0.25) is 0 Å². The number of hydrogen-bond acceptors (Lipinski definition) is 3. The molecule has 5 nitrogen and oxygen atoms in total. The summed E-state index contributed by atoms with van der Waals surface area (Å²) in [6.45, 7) is 9.27. The Kier molecular flexibility index (Phi) is 6.15. The maximum atomic E-state index is 11.9. The maximum absolute atomic E-state index is 11.9. The molecule has 0 fully saturated rings. The van der Waals surface area contributed by atoms with E-state index in [0.29, 0.717) is 0 Å². The molecule has 5 heteroatoms. The van der Waals surface area contributed by atoms with Gasteiger partial charge in [-0.25, -0.2) is 4.79 Å². The summed E-state index contributed by atoms with van der Waals surface area (Å²) in [6.07, 6.45) is 0.268. The molecule has 0 saturated heterocycles. The highest BCUT2D eigenvalue weighted by Gasteiger charge is 2.29. The predicted octanol–water partition coefficient (Wildman–Crippen LogP) is 2.74. The van der Waals surface area contributed by atoms with Crippen LogP contribution in [0.15, 0.2) is 0 Å². The average Bonchev–Trinajstić information content (AvgIpc) is 2.21. The Labute approximate surface area is 109 Å². The van der Waals surface area contributed by atoms with Crippen molar-refractivity contribution in [1.82, 2.24) is 4.90 Å². The lowest BCUT2D eigenvalue weighted by molar-refractivity contribution is -0.138. The maximum Gasteiger partial charge on any atom is 0.410 e. The van der Waals surface area contributed by atoms with Crippen LogP contribution >= 0.6 is 0 Å². The fourth-order valence-electron chi connectivity index (χ4n) is 1.64. The number of aliphatic carboxylic acids is 1. The number of ether oxygens (including phenoxy) is 1. The van der Waals surface area contributed by atoms with Gasteiger partial charge in [-0.3, -0.25) is 4.79 Å². The summed E-state index contributed by atoms with van der Waals surface area (Å²) in [5, 5.41) is 8.91. The van der Waals surface area contributed by atoms with Gasteiger partial charge in [0.05, 0.1) is 6.42 Å². The summed E-state index contributed by atoms with van der Waals surface area (Å²) in [5.74, 6) is -0.797. The zero-order valence-corrected chi connectivity index (χ0v) is 12.2. The molecule has 0 heterocycles. The summed E-state index contributed by atoms with van der Waals surface area (Å²) >= 11 is 0. The van der Waals surface area contributed by atoms with E-state index in [-0.39, 0.29) is 18.4 Å². The molecule has 0 aromatic heterocycles. The lowest BCUT2D eigenvalue weighted by atomic mass is 9.95. The number of rotatable bonds is 5. The molecule has 0 unspecified atom stereocenters. The molecule has 106 valence electrons. The van der Waals surface area contributed by atoms with E-state index in [1.54, 1.807) is 27.8 Å². The number of amides is 1. The van der Waals surface area contributed by atoms with Gasteiger partial charge >= 0.3 is 12.1 Å². The third-order valence-electron chi connectivity index (χ3n) is 2.86. The Balaban J connectivity index is 4.78. The van der Waals surface area contributed by atoms with Crippen molar-refractivity contribution >= 4 is 12.1 Å². The third-order valence-corrected chi connectivity index (χ3v) is 2.86. The van der Waals surface area contributed by atoms with Gasteiger partial charge in [0.15, 0.2) is 0 Å². The average molecular weight is 259 g/mol. The highest BCUT2D eigenvalue weighted by Crippen LogP contribution is 2.19. The first-order chi connectivity index (χ1) is 8.08. The highest BCUT2D eigenvalue weighted by molar-refractivity contribution is 5.71. The first kappa shape index (κ1) is 16.7. The van der Waals surface area contributed by atoms with Crippen LogP contribution < -0.4 is 0 Å². The van der Waals surface area contributed by atoms with E-state index in [1.165, 1.54) is 4.90 Å². The number of carboxylic acids is 1. The summed E-state index contributed by atoms with van der Waals surface area (Å²) in [4.78, 5) is 24.2. The summed E-state index contributed by atoms with van der Waals surface area (Å²) in [7, 11) is 1.59. The van der Waals surface area contributed by atoms with Crippen LogP contribution in [0.4, 0.5) is 4.79 Å². The lowest BCUT2D eigenvalue weighted by Crippen LogP contribution is -2.44. The first-order valence-electron chi connectivity index (χ1n) is 6.26. The topological polar surface area (TPSA) is 66.8 Å². The first-order valence-corrected chi connectivity index (χ1v) is 6.26. The van der Waals surface area contributed by atoms with E-state index in [1.807, 2.05) is 13.8 Å². The molecule has 0 rings (SSSR count). The molecule has 0 aliphatic rings. The Morgan fingerprint density at radius 3 is 2.17 bits per heavy atom. The minimum absolute atomic E-state index is 0.0647. The van der Waals surface area contributed by atoms with Crippen molar-refractivity contribution in [3.8, 4) is 0 Å². The Hall–Kier alpha value is -1.26. The van der Waals surface area contributed by atoms with E-state index in [4.69, 9.17) is 9.84 Å². The quantitative estimate of drug-likeness (QED) is 0.824. The van der Waals surface area contributed by atoms with Crippen molar-refractivity contribution in [2.45, 2.75) is 59.1 Å². The molecule has 0 bridgehead atoms. The van der Waals surface area contributed by atoms with Gasteiger partial charge in [-0.2, -0.15) is 0 Å². The summed E-state index contributed by atoms with van der Waals surface area (Å²) < 4.78 is 5.25. The zero-order chi connectivity index (χ0) is 14.5. The van der Waals surface area contributed by atoms with Crippen molar-refractivity contribution in [1.29, 1.82) is 0 Å². The van der Waals surface area contributed by atoms with E-state index < -0.39 is 17.7 Å². The Morgan fingerprint density at radius 2 is 1.83 bits per heavy atom. The van der Waals surface area contributed by atoms with Crippen LogP contribution in [0, 0.1) is 5.92 Å². The fraction of sp³-hybridized carbons (Fsp3) is 0.846. The molecule has 0 spiro atoms. The van der Waals surface area contributed by atoms with E-state index in [2.05, 4.69) is 0 Å². The van der Waals surface area contributed by atoms with Gasteiger partial charge < -0.3 is 14.7 Å². The monoisotopic (exact) mass is 259 g/mol. The van der Waals surface area contributed by atoms with Gasteiger partial charge in [0.1, 0.15) is 5.60 Å². The molecule has 0 aromatic carbocycles. The van der Waals surface area contributed by atoms with Crippen molar-refractivity contribution in [2.75, 3.05) is 7.05 Å². The third kappa shape index (κ3) is 5.89. The molecule has 0 radical (unpaired) electrons. The van der Waals surface area contributed by atoms with Gasteiger partial charge in [0.2, 0.25) is 0 Å². The summed E-state index contributed by atoms with van der Waals surface area (Å²) in [6, 6.07) is -0.345. The fourth-order valence-corrected chi connectivity index (χ4v) is 1.64. The predicted molar refractivity (Wildman–Crippen MR) is 69.5 cm³/mol. The van der Waals surface area contributed by atoms with Crippen molar-refractivity contribution in [3.05, 3.63) is 0 Å². The van der Waals surface area contributed by atoms with Crippen LogP contribution in [0.1, 0.15) is 47.5 Å². The van der Waals surface area contributed by atoms with Crippen molar-refractivity contribution in [2.24, 2.45) is 5.92 Å². The standard InChI is InChI=1S/C13H25NO4/c1-7-9(2)10(8-11(15)16)14(6)12(17)18-13(3,4)5/h9-10H,7-8H2,1-6H3,(H,15,16)/t9-,10+/m0/s1. The zero-order valence-electron chi connectivity index (χ0n) is 12.2. The van der Waals surface area contributed by atoms with Crippen LogP contribution in [-0.2, 0) is 9.53 Å². The normalized spacial score (nSPS) is 14.8. The minimum atomic E-state index is -0.907. The molecule has 1 N–H and O–H groups in total. The Bertz CT molecular complexity index is 296. The SMILES string of the molecule is CC[C@H](C)[C@@H](CC(=O)O)N(C)C(=O)OC(C)(C)C. The van der Waals surface area contributed by atoms with E-state index in [9.17, 15) is 9.59 Å². The van der Waals surface area contributed by atoms with Crippen LogP contribution in [-0.4, -0.2) is 40.8 Å². The molecular formula is C13H25NO4. The lowest BCUT2D eigenvalue weighted by Gasteiger charge is -2.33. The largest absolute Gasteiger partial charge is 0.481 e. The van der Waals surface area contributed by atoms with Crippen LogP contribution in [0.5, 0.6) is 0 Å². The molecule has 0 aliphatic carbocycles. The number of carboxylic acid groups (broad SMARTS) is 1. The molecule has 2 atom stereocenters. The van der Waals surface area contributed by atoms with E-state index in [0.717, 1.165) is 6.42 Å². The smallest absolute Gasteiger partial charge is 0.410 e. The molecule has 18 heavy (non-hydrogen) atoms. The molecule has 0 saturated carbocycles. The summed E-state index contributed by atoms with van der Waals surface area (Å²) in [5.41, 5.74) is -0.575. The molecule has 0 aliphatic heterocycles. The molecular weight excluding hydrogens is 234 g/mol. The number of carbonyl (C=O) groups is 2.